The first-order valence-corrected chi connectivity index (χ1v) is 8.73. The van der Waals surface area contributed by atoms with Crippen molar-refractivity contribution >= 4 is 0 Å². The number of aliphatic hydroxyl groups is 1. The van der Waals surface area contributed by atoms with Gasteiger partial charge in [-0.05, 0) is 68.9 Å². The maximum Gasteiger partial charge on any atom is 0.0676 e. The lowest BCUT2D eigenvalue weighted by Gasteiger charge is -2.45. The molecule has 0 spiro atoms. The normalized spacial score (nSPS) is 30.0. The second-order valence-electron chi connectivity index (χ2n) is 7.13. The highest BCUT2D eigenvalue weighted by molar-refractivity contribution is 5.14. The van der Waals surface area contributed by atoms with Crippen LogP contribution in [0.1, 0.15) is 56.9 Å². The van der Waals surface area contributed by atoms with Gasteiger partial charge in [0.25, 0.3) is 0 Å². The molecule has 0 saturated heterocycles. The van der Waals surface area contributed by atoms with E-state index in [0.29, 0.717) is 5.92 Å². The second-order valence-corrected chi connectivity index (χ2v) is 7.13. The van der Waals surface area contributed by atoms with Crippen LogP contribution in [0.2, 0.25) is 0 Å². The molecule has 2 saturated carbocycles. The fourth-order valence-corrected chi connectivity index (χ4v) is 3.95. The van der Waals surface area contributed by atoms with E-state index < -0.39 is 0 Å². The Morgan fingerprint density at radius 1 is 1.05 bits per heavy atom. The summed E-state index contributed by atoms with van der Waals surface area (Å²) < 4.78 is 0. The molecule has 0 amide bonds. The highest BCUT2D eigenvalue weighted by Gasteiger charge is 2.42. The molecule has 21 heavy (non-hydrogen) atoms. The number of hydrogen-bond acceptors (Lipinski definition) is 2. The standard InChI is InChI=1S/C19H29NO/c21-19(18-7-4-8-18)12-9-16(10-13-19)11-14-20-15-17-5-2-1-3-6-17/h1-3,5-6,16,18,20-21H,4,7-15H2. The first-order valence-electron chi connectivity index (χ1n) is 8.73. The van der Waals surface area contributed by atoms with Crippen molar-refractivity contribution in [2.45, 2.75) is 63.5 Å². The van der Waals surface area contributed by atoms with Crippen LogP contribution in [0, 0.1) is 11.8 Å². The van der Waals surface area contributed by atoms with E-state index in [1.54, 1.807) is 0 Å². The Kier molecular flexibility index (Phi) is 4.97. The Bertz CT molecular complexity index is 418. The fourth-order valence-electron chi connectivity index (χ4n) is 3.95. The molecule has 0 bridgehead atoms. The average molecular weight is 287 g/mol. The van der Waals surface area contributed by atoms with Crippen molar-refractivity contribution < 1.29 is 5.11 Å². The summed E-state index contributed by atoms with van der Waals surface area (Å²) in [6.45, 7) is 2.07. The highest BCUT2D eigenvalue weighted by atomic mass is 16.3. The van der Waals surface area contributed by atoms with E-state index in [9.17, 15) is 5.11 Å². The summed E-state index contributed by atoms with van der Waals surface area (Å²) in [5.41, 5.74) is 1.06. The lowest BCUT2D eigenvalue weighted by Crippen LogP contribution is -2.44. The Labute approximate surface area is 129 Å². The molecule has 0 atom stereocenters. The van der Waals surface area contributed by atoms with Gasteiger partial charge in [-0.2, -0.15) is 0 Å². The van der Waals surface area contributed by atoms with Gasteiger partial charge in [0.15, 0.2) is 0 Å². The van der Waals surface area contributed by atoms with Gasteiger partial charge in [0, 0.05) is 6.54 Å². The summed E-state index contributed by atoms with van der Waals surface area (Å²) in [6.07, 6.45) is 9.65. The van der Waals surface area contributed by atoms with Crippen LogP contribution in [0.25, 0.3) is 0 Å². The molecule has 0 radical (unpaired) electrons. The Hall–Kier alpha value is -0.860. The Morgan fingerprint density at radius 3 is 2.38 bits per heavy atom. The predicted octanol–water partition coefficient (Wildman–Crippen LogP) is 3.89. The van der Waals surface area contributed by atoms with Gasteiger partial charge >= 0.3 is 0 Å². The first-order chi connectivity index (χ1) is 10.3. The SMILES string of the molecule is OC1(C2CCC2)CCC(CCNCc2ccccc2)CC1. The minimum atomic E-state index is -0.299. The molecule has 1 aromatic carbocycles. The van der Waals surface area contributed by atoms with E-state index in [0.717, 1.165) is 31.8 Å². The monoisotopic (exact) mass is 287 g/mol. The topological polar surface area (TPSA) is 32.3 Å². The van der Waals surface area contributed by atoms with Crippen LogP contribution in [0.15, 0.2) is 30.3 Å². The molecule has 1 aromatic rings. The molecule has 0 aliphatic heterocycles. The zero-order valence-corrected chi connectivity index (χ0v) is 13.1. The van der Waals surface area contributed by atoms with Gasteiger partial charge in [-0.15, -0.1) is 0 Å². The zero-order valence-electron chi connectivity index (χ0n) is 13.1. The fraction of sp³-hybridized carbons (Fsp3) is 0.684. The van der Waals surface area contributed by atoms with Crippen molar-refractivity contribution in [1.82, 2.24) is 5.32 Å². The molecule has 2 nitrogen and oxygen atoms in total. The van der Waals surface area contributed by atoms with Gasteiger partial charge in [0.2, 0.25) is 0 Å². The molecule has 0 aromatic heterocycles. The van der Waals surface area contributed by atoms with Crippen LogP contribution in [-0.4, -0.2) is 17.3 Å². The molecule has 0 heterocycles. The third-order valence-electron chi connectivity index (χ3n) is 5.74. The highest BCUT2D eigenvalue weighted by Crippen LogP contribution is 2.45. The molecular formula is C19H29NO. The van der Waals surface area contributed by atoms with Crippen molar-refractivity contribution in [1.29, 1.82) is 0 Å². The maximum atomic E-state index is 10.7. The summed E-state index contributed by atoms with van der Waals surface area (Å²) >= 11 is 0. The van der Waals surface area contributed by atoms with Gasteiger partial charge < -0.3 is 10.4 Å². The molecule has 3 rings (SSSR count). The van der Waals surface area contributed by atoms with Crippen LogP contribution in [0.3, 0.4) is 0 Å². The third kappa shape index (κ3) is 3.87. The molecule has 2 aliphatic carbocycles. The van der Waals surface area contributed by atoms with E-state index in [2.05, 4.69) is 35.6 Å². The third-order valence-corrected chi connectivity index (χ3v) is 5.74. The molecule has 2 heteroatoms. The van der Waals surface area contributed by atoms with E-state index in [4.69, 9.17) is 0 Å². The Balaban J connectivity index is 1.32. The minimum Gasteiger partial charge on any atom is -0.390 e. The molecule has 2 N–H and O–H groups in total. The molecule has 0 unspecified atom stereocenters. The number of benzene rings is 1. The van der Waals surface area contributed by atoms with Crippen molar-refractivity contribution in [3.8, 4) is 0 Å². The van der Waals surface area contributed by atoms with E-state index >= 15 is 0 Å². The minimum absolute atomic E-state index is 0.299. The van der Waals surface area contributed by atoms with Gasteiger partial charge in [0.1, 0.15) is 0 Å². The number of rotatable bonds is 6. The van der Waals surface area contributed by atoms with E-state index in [1.165, 1.54) is 44.1 Å². The zero-order chi connectivity index (χ0) is 14.5. The van der Waals surface area contributed by atoms with Gasteiger partial charge in [-0.3, -0.25) is 0 Å². The van der Waals surface area contributed by atoms with E-state index in [-0.39, 0.29) is 5.60 Å². The Morgan fingerprint density at radius 2 is 1.76 bits per heavy atom. The summed E-state index contributed by atoms with van der Waals surface area (Å²) in [7, 11) is 0. The van der Waals surface area contributed by atoms with Crippen LogP contribution in [0.5, 0.6) is 0 Å². The van der Waals surface area contributed by atoms with Crippen molar-refractivity contribution in [2.75, 3.05) is 6.54 Å². The largest absolute Gasteiger partial charge is 0.390 e. The summed E-state index contributed by atoms with van der Waals surface area (Å²) in [4.78, 5) is 0. The molecule has 2 fully saturated rings. The van der Waals surface area contributed by atoms with Crippen LogP contribution in [-0.2, 0) is 6.54 Å². The van der Waals surface area contributed by atoms with Gasteiger partial charge in [-0.25, -0.2) is 0 Å². The van der Waals surface area contributed by atoms with Crippen molar-refractivity contribution in [3.05, 3.63) is 35.9 Å². The average Bonchev–Trinajstić information content (AvgIpc) is 2.45. The van der Waals surface area contributed by atoms with Crippen molar-refractivity contribution in [2.24, 2.45) is 11.8 Å². The summed E-state index contributed by atoms with van der Waals surface area (Å²) in [6, 6.07) is 10.6. The predicted molar refractivity (Wildman–Crippen MR) is 87.0 cm³/mol. The lowest BCUT2D eigenvalue weighted by atomic mass is 9.65. The van der Waals surface area contributed by atoms with Gasteiger partial charge in [-0.1, -0.05) is 36.8 Å². The first kappa shape index (κ1) is 15.1. The van der Waals surface area contributed by atoms with Crippen LogP contribution >= 0.6 is 0 Å². The number of nitrogens with one attached hydrogen (secondary N) is 1. The number of hydrogen-bond donors (Lipinski definition) is 2. The second kappa shape index (κ2) is 6.93. The summed E-state index contributed by atoms with van der Waals surface area (Å²) in [5.74, 6) is 1.43. The smallest absolute Gasteiger partial charge is 0.0676 e. The van der Waals surface area contributed by atoms with Gasteiger partial charge in [0.05, 0.1) is 5.60 Å². The van der Waals surface area contributed by atoms with E-state index in [1.807, 2.05) is 0 Å². The molecule has 2 aliphatic rings. The van der Waals surface area contributed by atoms with Crippen LogP contribution < -0.4 is 5.32 Å². The molecule has 116 valence electrons. The summed E-state index contributed by atoms with van der Waals surface area (Å²) in [5, 5.41) is 14.3. The molecular weight excluding hydrogens is 258 g/mol. The quantitative estimate of drug-likeness (QED) is 0.778. The maximum absolute atomic E-state index is 10.7. The van der Waals surface area contributed by atoms with Crippen molar-refractivity contribution in [3.63, 3.8) is 0 Å². The lowest BCUT2D eigenvalue weighted by molar-refractivity contribution is -0.0853. The van der Waals surface area contributed by atoms with Crippen LogP contribution in [0.4, 0.5) is 0 Å².